The molecule has 0 fully saturated rings. The molecule has 1 atom stereocenters. The number of amides is 1. The first-order valence-corrected chi connectivity index (χ1v) is 4.53. The van der Waals surface area contributed by atoms with E-state index in [-0.39, 0.29) is 6.42 Å². The van der Waals surface area contributed by atoms with E-state index in [9.17, 15) is 19.2 Å². The molecule has 0 rings (SSSR count). The lowest BCUT2D eigenvalue weighted by atomic mass is 10.1. The van der Waals surface area contributed by atoms with E-state index in [1.807, 2.05) is 0 Å². The maximum Gasteiger partial charge on any atom is 0.323 e. The fourth-order valence-electron chi connectivity index (χ4n) is 1.01. The molecule has 16 heavy (non-hydrogen) atoms. The van der Waals surface area contributed by atoms with Crippen molar-refractivity contribution in [1.82, 2.24) is 4.90 Å². The molecule has 7 nitrogen and oxygen atoms in total. The summed E-state index contributed by atoms with van der Waals surface area (Å²) in [6.07, 6.45) is 0.363. The fraction of sp³-hybridized carbons (Fsp3) is 0.556. The minimum Gasteiger partial charge on any atom is -0.480 e. The Labute approximate surface area is 91.7 Å². The van der Waals surface area contributed by atoms with Crippen molar-refractivity contribution in [2.45, 2.75) is 13.3 Å². The molecule has 0 saturated carbocycles. The van der Waals surface area contributed by atoms with Gasteiger partial charge in [-0.2, -0.15) is 0 Å². The highest BCUT2D eigenvalue weighted by Gasteiger charge is 2.20. The standard InChI is InChI=1S/C9H13NO6/c1-6(5-11)2-7(12)10(3-8(13)14)4-9(15)16/h5-6H,2-4H2,1H3,(H,13,14)(H,15,16). The quantitative estimate of drug-likeness (QED) is 0.555. The van der Waals surface area contributed by atoms with Gasteiger partial charge in [0.15, 0.2) is 0 Å². The van der Waals surface area contributed by atoms with Crippen LogP contribution in [0, 0.1) is 5.92 Å². The highest BCUT2D eigenvalue weighted by atomic mass is 16.4. The topological polar surface area (TPSA) is 112 Å². The molecule has 1 amide bonds. The molecule has 0 spiro atoms. The number of hydrogen-bond acceptors (Lipinski definition) is 4. The summed E-state index contributed by atoms with van der Waals surface area (Å²) in [7, 11) is 0. The summed E-state index contributed by atoms with van der Waals surface area (Å²) in [6, 6.07) is 0. The second kappa shape index (κ2) is 6.54. The van der Waals surface area contributed by atoms with Gasteiger partial charge in [-0.1, -0.05) is 6.92 Å². The van der Waals surface area contributed by atoms with Crippen LogP contribution in [0.5, 0.6) is 0 Å². The van der Waals surface area contributed by atoms with Gasteiger partial charge in [-0.05, 0) is 0 Å². The maximum absolute atomic E-state index is 11.4. The number of carbonyl (C=O) groups excluding carboxylic acids is 2. The molecule has 0 saturated heterocycles. The molecule has 0 radical (unpaired) electrons. The number of aldehydes is 1. The zero-order chi connectivity index (χ0) is 12.7. The zero-order valence-electron chi connectivity index (χ0n) is 8.75. The van der Waals surface area contributed by atoms with E-state index < -0.39 is 36.9 Å². The summed E-state index contributed by atoms with van der Waals surface area (Å²) >= 11 is 0. The third kappa shape index (κ3) is 5.74. The molecule has 0 aromatic carbocycles. The van der Waals surface area contributed by atoms with E-state index in [1.54, 1.807) is 0 Å². The summed E-state index contributed by atoms with van der Waals surface area (Å²) in [6.45, 7) is 0.123. The van der Waals surface area contributed by atoms with Crippen LogP contribution in [0.25, 0.3) is 0 Å². The Bertz CT molecular complexity index is 284. The van der Waals surface area contributed by atoms with Crippen LogP contribution >= 0.6 is 0 Å². The van der Waals surface area contributed by atoms with E-state index in [1.165, 1.54) is 6.92 Å². The van der Waals surface area contributed by atoms with Gasteiger partial charge in [0, 0.05) is 12.3 Å². The van der Waals surface area contributed by atoms with E-state index in [2.05, 4.69) is 0 Å². The van der Waals surface area contributed by atoms with Crippen molar-refractivity contribution in [3.63, 3.8) is 0 Å². The Morgan fingerprint density at radius 3 is 1.94 bits per heavy atom. The average molecular weight is 231 g/mol. The third-order valence-corrected chi connectivity index (χ3v) is 1.73. The molecule has 0 aliphatic rings. The van der Waals surface area contributed by atoms with E-state index in [4.69, 9.17) is 10.2 Å². The second-order valence-electron chi connectivity index (χ2n) is 3.35. The minimum absolute atomic E-state index is 0.190. The lowest BCUT2D eigenvalue weighted by Gasteiger charge is -2.18. The maximum atomic E-state index is 11.4. The largest absolute Gasteiger partial charge is 0.480 e. The number of carboxylic acids is 2. The smallest absolute Gasteiger partial charge is 0.323 e. The number of rotatable bonds is 7. The van der Waals surface area contributed by atoms with E-state index in [0.717, 1.165) is 0 Å². The first-order chi connectivity index (χ1) is 7.36. The Balaban J connectivity index is 4.48. The number of carboxylic acid groups (broad SMARTS) is 2. The molecular formula is C9H13NO6. The molecule has 0 aliphatic heterocycles. The second-order valence-corrected chi connectivity index (χ2v) is 3.35. The molecule has 0 heterocycles. The molecule has 7 heteroatoms. The molecule has 2 N–H and O–H groups in total. The first kappa shape index (κ1) is 14.1. The summed E-state index contributed by atoms with van der Waals surface area (Å²) in [5.74, 6) is -3.82. The zero-order valence-corrected chi connectivity index (χ0v) is 8.75. The molecule has 0 aliphatic carbocycles. The fourth-order valence-corrected chi connectivity index (χ4v) is 1.01. The van der Waals surface area contributed by atoms with Crippen molar-refractivity contribution in [3.05, 3.63) is 0 Å². The van der Waals surface area contributed by atoms with Crippen LogP contribution in [0.3, 0.4) is 0 Å². The van der Waals surface area contributed by atoms with E-state index >= 15 is 0 Å². The lowest BCUT2D eigenvalue weighted by Crippen LogP contribution is -2.40. The number of hydrogen-bond donors (Lipinski definition) is 2. The van der Waals surface area contributed by atoms with Crippen LogP contribution in [0.2, 0.25) is 0 Å². The predicted octanol–water partition coefficient (Wildman–Crippen LogP) is -0.791. The first-order valence-electron chi connectivity index (χ1n) is 4.53. The molecule has 0 aromatic rings. The summed E-state index contributed by atoms with van der Waals surface area (Å²) in [4.78, 5) is 43.2. The van der Waals surface area contributed by atoms with Crippen molar-refractivity contribution in [1.29, 1.82) is 0 Å². The Hall–Kier alpha value is -1.92. The molecule has 1 unspecified atom stereocenters. The Morgan fingerprint density at radius 1 is 1.19 bits per heavy atom. The normalized spacial score (nSPS) is 11.6. The van der Waals surface area contributed by atoms with Gasteiger partial charge in [-0.25, -0.2) is 0 Å². The molecule has 0 bridgehead atoms. The highest BCUT2D eigenvalue weighted by Crippen LogP contribution is 2.02. The van der Waals surface area contributed by atoms with Gasteiger partial charge in [-0.15, -0.1) is 0 Å². The predicted molar refractivity (Wildman–Crippen MR) is 51.7 cm³/mol. The van der Waals surface area contributed by atoms with Crippen LogP contribution in [-0.4, -0.2) is 52.3 Å². The average Bonchev–Trinajstić information content (AvgIpc) is 2.15. The molecular weight excluding hydrogens is 218 g/mol. The van der Waals surface area contributed by atoms with Crippen LogP contribution in [-0.2, 0) is 19.2 Å². The number of carbonyl (C=O) groups is 4. The number of aliphatic carboxylic acids is 2. The summed E-state index contributed by atoms with van der Waals surface area (Å²) < 4.78 is 0. The van der Waals surface area contributed by atoms with Crippen molar-refractivity contribution >= 4 is 24.1 Å². The van der Waals surface area contributed by atoms with Gasteiger partial charge in [0.1, 0.15) is 19.4 Å². The van der Waals surface area contributed by atoms with Crippen molar-refractivity contribution < 1.29 is 29.4 Å². The van der Waals surface area contributed by atoms with Gasteiger partial charge in [0.05, 0.1) is 0 Å². The highest BCUT2D eigenvalue weighted by molar-refractivity contribution is 5.86. The van der Waals surface area contributed by atoms with Crippen molar-refractivity contribution in [2.24, 2.45) is 5.92 Å². The van der Waals surface area contributed by atoms with Gasteiger partial charge in [0.25, 0.3) is 0 Å². The van der Waals surface area contributed by atoms with Gasteiger partial charge in [0.2, 0.25) is 5.91 Å². The lowest BCUT2D eigenvalue weighted by molar-refractivity contribution is -0.149. The van der Waals surface area contributed by atoms with Crippen LogP contribution in [0.4, 0.5) is 0 Å². The number of nitrogens with zero attached hydrogens (tertiary/aromatic N) is 1. The monoisotopic (exact) mass is 231 g/mol. The summed E-state index contributed by atoms with van der Waals surface area (Å²) in [5, 5.41) is 17.0. The SMILES string of the molecule is CC(C=O)CC(=O)N(CC(=O)O)CC(=O)O. The van der Waals surface area contributed by atoms with Gasteiger partial charge in [-0.3, -0.25) is 14.4 Å². The summed E-state index contributed by atoms with van der Waals surface area (Å²) in [5.41, 5.74) is 0. The van der Waals surface area contributed by atoms with Gasteiger partial charge >= 0.3 is 11.9 Å². The van der Waals surface area contributed by atoms with E-state index in [0.29, 0.717) is 11.2 Å². The van der Waals surface area contributed by atoms with Gasteiger partial charge < -0.3 is 19.9 Å². The third-order valence-electron chi connectivity index (χ3n) is 1.73. The minimum atomic E-state index is -1.30. The Kier molecular flexibility index (Phi) is 5.76. The van der Waals surface area contributed by atoms with Crippen LogP contribution < -0.4 is 0 Å². The van der Waals surface area contributed by atoms with Crippen molar-refractivity contribution in [2.75, 3.05) is 13.1 Å². The molecule has 0 aromatic heterocycles. The molecule has 90 valence electrons. The van der Waals surface area contributed by atoms with Crippen LogP contribution in [0.1, 0.15) is 13.3 Å². The van der Waals surface area contributed by atoms with Crippen molar-refractivity contribution in [3.8, 4) is 0 Å². The van der Waals surface area contributed by atoms with Crippen LogP contribution in [0.15, 0.2) is 0 Å². The Morgan fingerprint density at radius 2 is 1.62 bits per heavy atom.